The third-order valence-corrected chi connectivity index (χ3v) is 7.98. The second kappa shape index (κ2) is 12.2. The molecule has 5 rings (SSSR count). The van der Waals surface area contributed by atoms with Crippen LogP contribution < -0.4 is 15.5 Å². The van der Waals surface area contributed by atoms with E-state index in [0.29, 0.717) is 12.0 Å². The first-order chi connectivity index (χ1) is 17.4. The van der Waals surface area contributed by atoms with Gasteiger partial charge in [-0.2, -0.15) is 0 Å². The molecule has 5 nitrogen and oxygen atoms in total. The summed E-state index contributed by atoms with van der Waals surface area (Å²) in [6.45, 7) is 5.08. The lowest BCUT2D eigenvalue weighted by Crippen LogP contribution is -2.52. The molecule has 1 saturated heterocycles. The van der Waals surface area contributed by atoms with Gasteiger partial charge in [-0.25, -0.2) is 9.97 Å². The number of benzene rings is 2. The highest BCUT2D eigenvalue weighted by Crippen LogP contribution is 2.35. The molecule has 182 valence electrons. The molecule has 1 aliphatic rings. The lowest BCUT2D eigenvalue weighted by Gasteiger charge is -2.36. The van der Waals surface area contributed by atoms with Gasteiger partial charge < -0.3 is 15.5 Å². The average molecular weight is 486 g/mol. The van der Waals surface area contributed by atoms with Crippen molar-refractivity contribution in [2.45, 2.75) is 37.6 Å². The minimum absolute atomic E-state index is 0.432. The van der Waals surface area contributed by atoms with Crippen molar-refractivity contribution < 1.29 is 0 Å². The van der Waals surface area contributed by atoms with Gasteiger partial charge in [0.25, 0.3) is 0 Å². The molecule has 2 aromatic heterocycles. The minimum atomic E-state index is 0.432. The van der Waals surface area contributed by atoms with Gasteiger partial charge >= 0.3 is 0 Å². The number of fused-ring (bicyclic) bond motifs is 1. The highest BCUT2D eigenvalue weighted by Gasteiger charge is 2.23. The quantitative estimate of drug-likeness (QED) is 0.277. The molecule has 2 aromatic carbocycles. The van der Waals surface area contributed by atoms with Crippen LogP contribution >= 0.6 is 11.3 Å². The van der Waals surface area contributed by atoms with Crippen molar-refractivity contribution in [3.63, 3.8) is 0 Å². The van der Waals surface area contributed by atoms with Gasteiger partial charge in [0.15, 0.2) is 0 Å². The molecule has 2 atom stereocenters. The molecular formula is C29H35N5S. The van der Waals surface area contributed by atoms with E-state index in [4.69, 9.17) is 0 Å². The molecule has 35 heavy (non-hydrogen) atoms. The molecule has 4 aromatic rings. The van der Waals surface area contributed by atoms with Crippen LogP contribution in [-0.2, 0) is 0 Å². The molecule has 6 heteroatoms. The Morgan fingerprint density at radius 1 is 0.971 bits per heavy atom. The third kappa shape index (κ3) is 6.07. The molecule has 1 aliphatic heterocycles. The molecule has 3 heterocycles. The standard InChI is InChI=1S/C29H35N5S/c1-2-11-25-23(8-1)9-5-12-26(25)27(28-13-6-21-35-28)14-18-30-15-4-3-10-24-22-31-19-20-34(24)29-32-16-7-17-33-29/h1-2,5-9,11-13,16-17,21,24,27,30-31H,3-4,10,14-15,18-20,22H2. The number of piperazine rings is 1. The molecule has 0 spiro atoms. The first-order valence-electron chi connectivity index (χ1n) is 12.9. The Balaban J connectivity index is 1.11. The van der Waals surface area contributed by atoms with Crippen molar-refractivity contribution in [3.8, 4) is 0 Å². The number of hydrogen-bond acceptors (Lipinski definition) is 6. The zero-order valence-electron chi connectivity index (χ0n) is 20.3. The molecule has 0 aliphatic carbocycles. The van der Waals surface area contributed by atoms with Crippen molar-refractivity contribution in [3.05, 3.63) is 88.9 Å². The lowest BCUT2D eigenvalue weighted by atomic mass is 9.90. The van der Waals surface area contributed by atoms with E-state index in [1.165, 1.54) is 40.5 Å². The number of unbranched alkanes of at least 4 members (excludes halogenated alkanes) is 1. The fourth-order valence-corrected chi connectivity index (χ4v) is 6.10. The van der Waals surface area contributed by atoms with E-state index in [0.717, 1.165) is 45.1 Å². The van der Waals surface area contributed by atoms with Crippen molar-refractivity contribution in [2.24, 2.45) is 0 Å². The Labute approximate surface area is 212 Å². The first kappa shape index (κ1) is 23.9. The summed E-state index contributed by atoms with van der Waals surface area (Å²) < 4.78 is 0. The monoisotopic (exact) mass is 485 g/mol. The summed E-state index contributed by atoms with van der Waals surface area (Å²) in [6, 6.07) is 22.3. The topological polar surface area (TPSA) is 53.1 Å². The van der Waals surface area contributed by atoms with Crippen molar-refractivity contribution >= 4 is 28.1 Å². The maximum Gasteiger partial charge on any atom is 0.225 e. The minimum Gasteiger partial charge on any atom is -0.335 e. The Bertz CT molecular complexity index is 1160. The van der Waals surface area contributed by atoms with Crippen LogP contribution in [0, 0.1) is 0 Å². The van der Waals surface area contributed by atoms with Gasteiger partial charge in [-0.3, -0.25) is 0 Å². The third-order valence-electron chi connectivity index (χ3n) is 7.00. The highest BCUT2D eigenvalue weighted by atomic mass is 32.1. The summed E-state index contributed by atoms with van der Waals surface area (Å²) in [5.74, 6) is 1.30. The maximum absolute atomic E-state index is 4.48. The van der Waals surface area contributed by atoms with E-state index in [9.17, 15) is 0 Å². The van der Waals surface area contributed by atoms with Crippen molar-refractivity contribution in [1.29, 1.82) is 0 Å². The Morgan fingerprint density at radius 2 is 1.86 bits per heavy atom. The summed E-state index contributed by atoms with van der Waals surface area (Å²) >= 11 is 1.87. The van der Waals surface area contributed by atoms with E-state index in [2.05, 4.69) is 85.5 Å². The molecule has 0 amide bonds. The van der Waals surface area contributed by atoms with Gasteiger partial charge in [-0.1, -0.05) is 55.0 Å². The highest BCUT2D eigenvalue weighted by molar-refractivity contribution is 7.10. The van der Waals surface area contributed by atoms with Crippen molar-refractivity contribution in [2.75, 3.05) is 37.6 Å². The summed E-state index contributed by atoms with van der Waals surface area (Å²) in [7, 11) is 0. The van der Waals surface area contributed by atoms with Gasteiger partial charge in [-0.15, -0.1) is 11.3 Å². The smallest absolute Gasteiger partial charge is 0.225 e. The summed E-state index contributed by atoms with van der Waals surface area (Å²) in [4.78, 5) is 12.8. The van der Waals surface area contributed by atoms with Gasteiger partial charge in [-0.05, 0) is 66.2 Å². The number of nitrogens with zero attached hydrogens (tertiary/aromatic N) is 3. The van der Waals surface area contributed by atoms with E-state index in [-0.39, 0.29) is 0 Å². The Hall–Kier alpha value is -2.80. The molecule has 2 N–H and O–H groups in total. The second-order valence-corrected chi connectivity index (χ2v) is 10.3. The fraction of sp³-hybridized carbons (Fsp3) is 0.379. The average Bonchev–Trinajstić information content (AvgIpc) is 3.46. The van der Waals surface area contributed by atoms with Crippen LogP contribution in [0.15, 0.2) is 78.4 Å². The van der Waals surface area contributed by atoms with E-state index >= 15 is 0 Å². The number of aromatic nitrogens is 2. The predicted octanol–water partition coefficient (Wildman–Crippen LogP) is 5.45. The number of nitrogens with one attached hydrogen (secondary N) is 2. The summed E-state index contributed by atoms with van der Waals surface area (Å²) in [6.07, 6.45) is 8.36. The maximum atomic E-state index is 4.48. The number of thiophene rings is 1. The normalized spacial score (nSPS) is 17.0. The number of anilines is 1. The zero-order valence-corrected chi connectivity index (χ0v) is 21.1. The van der Waals surface area contributed by atoms with Crippen LogP contribution in [0.25, 0.3) is 10.8 Å². The van der Waals surface area contributed by atoms with Gasteiger partial charge in [0.1, 0.15) is 0 Å². The summed E-state index contributed by atoms with van der Waals surface area (Å²) in [5, 5.41) is 12.2. The summed E-state index contributed by atoms with van der Waals surface area (Å²) in [5.41, 5.74) is 1.44. The Morgan fingerprint density at radius 3 is 2.74 bits per heavy atom. The molecule has 0 radical (unpaired) electrons. The molecular weight excluding hydrogens is 450 g/mol. The molecule has 0 saturated carbocycles. The van der Waals surface area contributed by atoms with Gasteiger partial charge in [0.05, 0.1) is 0 Å². The number of rotatable bonds is 11. The SMILES string of the molecule is c1cnc(N2CCNCC2CCCCNCCC(c2cccs2)c2cccc3ccccc23)nc1. The van der Waals surface area contributed by atoms with E-state index in [1.807, 2.05) is 29.8 Å². The predicted molar refractivity (Wildman–Crippen MR) is 147 cm³/mol. The van der Waals surface area contributed by atoms with E-state index < -0.39 is 0 Å². The van der Waals surface area contributed by atoms with E-state index in [1.54, 1.807) is 0 Å². The molecule has 0 bridgehead atoms. The first-order valence-corrected chi connectivity index (χ1v) is 13.7. The number of hydrogen-bond donors (Lipinski definition) is 2. The lowest BCUT2D eigenvalue weighted by molar-refractivity contribution is 0.431. The Kier molecular flexibility index (Phi) is 8.37. The zero-order chi connectivity index (χ0) is 23.7. The van der Waals surface area contributed by atoms with Gasteiger partial charge in [0.2, 0.25) is 5.95 Å². The fourth-order valence-electron chi connectivity index (χ4n) is 5.22. The van der Waals surface area contributed by atoms with Crippen LogP contribution in [0.3, 0.4) is 0 Å². The molecule has 1 fully saturated rings. The van der Waals surface area contributed by atoms with Crippen LogP contribution in [0.4, 0.5) is 5.95 Å². The van der Waals surface area contributed by atoms with Crippen LogP contribution in [0.2, 0.25) is 0 Å². The largest absolute Gasteiger partial charge is 0.335 e. The molecule has 2 unspecified atom stereocenters. The van der Waals surface area contributed by atoms with Crippen molar-refractivity contribution in [1.82, 2.24) is 20.6 Å². The second-order valence-electron chi connectivity index (χ2n) is 9.27. The van der Waals surface area contributed by atoms with Crippen LogP contribution in [0.1, 0.15) is 42.0 Å². The van der Waals surface area contributed by atoms with Crippen LogP contribution in [0.5, 0.6) is 0 Å². The van der Waals surface area contributed by atoms with Crippen LogP contribution in [-0.4, -0.2) is 48.7 Å². The van der Waals surface area contributed by atoms with Gasteiger partial charge in [0, 0.05) is 48.9 Å².